The van der Waals surface area contributed by atoms with Gasteiger partial charge in [-0.1, -0.05) is 18.2 Å². The number of rotatable bonds is 3. The van der Waals surface area contributed by atoms with Crippen molar-refractivity contribution in [3.63, 3.8) is 0 Å². The Kier molecular flexibility index (Phi) is 3.55. The molecule has 0 unspecified atom stereocenters. The first-order valence-electron chi connectivity index (χ1n) is 6.55. The molecule has 2 aromatic carbocycles. The maximum atomic E-state index is 12.1. The van der Waals surface area contributed by atoms with E-state index in [4.69, 9.17) is 9.47 Å². The van der Waals surface area contributed by atoms with Crippen molar-refractivity contribution in [1.82, 2.24) is 4.90 Å². The Morgan fingerprint density at radius 2 is 1.67 bits per heavy atom. The number of imide groups is 1. The number of hydrogen-bond donors (Lipinski definition) is 0. The molecule has 0 spiro atoms. The number of ether oxygens (including phenoxy) is 2. The second-order valence-corrected chi connectivity index (χ2v) is 4.51. The normalized spacial score (nSPS) is 13.9. The van der Waals surface area contributed by atoms with E-state index in [0.717, 1.165) is 10.6 Å². The molecule has 21 heavy (non-hydrogen) atoms. The quantitative estimate of drug-likeness (QED) is 0.868. The lowest BCUT2D eigenvalue weighted by Gasteiger charge is -2.11. The zero-order valence-electron chi connectivity index (χ0n) is 11.2. The third kappa shape index (κ3) is 2.86. The van der Waals surface area contributed by atoms with Gasteiger partial charge in [0.25, 0.3) is 5.91 Å². The first-order chi connectivity index (χ1) is 10.2. The molecule has 2 aromatic rings. The standard InChI is InChI=1S/C16H13NO4/c18-15(17-10-11-20-16(17)19)12-6-8-14(9-7-12)21-13-4-2-1-3-5-13/h1-9H,10-11H2. The minimum Gasteiger partial charge on any atom is -0.457 e. The van der Waals surface area contributed by atoms with Crippen LogP contribution in [-0.4, -0.2) is 30.1 Å². The van der Waals surface area contributed by atoms with Gasteiger partial charge in [0, 0.05) is 5.56 Å². The van der Waals surface area contributed by atoms with E-state index in [1.807, 2.05) is 30.3 Å². The van der Waals surface area contributed by atoms with Crippen molar-refractivity contribution < 1.29 is 19.1 Å². The molecule has 0 saturated carbocycles. The number of nitrogens with zero attached hydrogens (tertiary/aromatic N) is 1. The molecule has 5 heteroatoms. The summed E-state index contributed by atoms with van der Waals surface area (Å²) in [6.45, 7) is 0.541. The van der Waals surface area contributed by atoms with E-state index in [0.29, 0.717) is 17.9 Å². The Labute approximate surface area is 121 Å². The first kappa shape index (κ1) is 13.2. The molecule has 106 valence electrons. The van der Waals surface area contributed by atoms with E-state index in [1.165, 1.54) is 0 Å². The van der Waals surface area contributed by atoms with Gasteiger partial charge in [-0.25, -0.2) is 9.69 Å². The number of para-hydroxylation sites is 1. The van der Waals surface area contributed by atoms with Crippen LogP contribution >= 0.6 is 0 Å². The van der Waals surface area contributed by atoms with Crippen LogP contribution in [0.5, 0.6) is 11.5 Å². The fraction of sp³-hybridized carbons (Fsp3) is 0.125. The predicted octanol–water partition coefficient (Wildman–Crippen LogP) is 3.07. The molecule has 1 saturated heterocycles. The highest BCUT2D eigenvalue weighted by Crippen LogP contribution is 2.22. The van der Waals surface area contributed by atoms with Crippen molar-refractivity contribution in [2.24, 2.45) is 0 Å². The van der Waals surface area contributed by atoms with E-state index in [-0.39, 0.29) is 12.5 Å². The Morgan fingerprint density at radius 3 is 2.29 bits per heavy atom. The van der Waals surface area contributed by atoms with Gasteiger partial charge in [0.1, 0.15) is 18.1 Å². The number of hydrogen-bond acceptors (Lipinski definition) is 4. The predicted molar refractivity (Wildman–Crippen MR) is 75.3 cm³/mol. The van der Waals surface area contributed by atoms with Gasteiger partial charge in [-0.15, -0.1) is 0 Å². The molecular formula is C16H13NO4. The zero-order valence-corrected chi connectivity index (χ0v) is 11.2. The third-order valence-electron chi connectivity index (χ3n) is 3.09. The lowest BCUT2D eigenvalue weighted by atomic mass is 10.2. The van der Waals surface area contributed by atoms with E-state index < -0.39 is 6.09 Å². The average molecular weight is 283 g/mol. The summed E-state index contributed by atoms with van der Waals surface area (Å²) in [5.74, 6) is 0.991. The maximum absolute atomic E-state index is 12.1. The number of carbonyl (C=O) groups excluding carboxylic acids is 2. The Morgan fingerprint density at radius 1 is 1.00 bits per heavy atom. The highest BCUT2D eigenvalue weighted by molar-refractivity contribution is 6.03. The maximum Gasteiger partial charge on any atom is 0.416 e. The van der Waals surface area contributed by atoms with Gasteiger partial charge >= 0.3 is 6.09 Å². The van der Waals surface area contributed by atoms with Gasteiger partial charge < -0.3 is 9.47 Å². The first-order valence-corrected chi connectivity index (χ1v) is 6.55. The zero-order chi connectivity index (χ0) is 14.7. The molecule has 0 N–H and O–H groups in total. The van der Waals surface area contributed by atoms with Gasteiger partial charge in [-0.05, 0) is 36.4 Å². The molecule has 0 radical (unpaired) electrons. The summed E-state index contributed by atoms with van der Waals surface area (Å²) in [5.41, 5.74) is 0.425. The summed E-state index contributed by atoms with van der Waals surface area (Å²) in [7, 11) is 0. The molecular weight excluding hydrogens is 270 g/mol. The Bertz CT molecular complexity index is 652. The van der Waals surface area contributed by atoms with Crippen LogP contribution in [0.3, 0.4) is 0 Å². The Balaban J connectivity index is 1.72. The molecule has 2 amide bonds. The lowest BCUT2D eigenvalue weighted by molar-refractivity contribution is 0.0810. The van der Waals surface area contributed by atoms with Crippen LogP contribution in [0.2, 0.25) is 0 Å². The number of benzene rings is 2. The molecule has 1 fully saturated rings. The second kappa shape index (κ2) is 5.66. The monoisotopic (exact) mass is 283 g/mol. The van der Waals surface area contributed by atoms with Crippen LogP contribution in [0, 0.1) is 0 Å². The number of carbonyl (C=O) groups is 2. The van der Waals surface area contributed by atoms with Crippen LogP contribution in [0.1, 0.15) is 10.4 Å². The summed E-state index contributed by atoms with van der Waals surface area (Å²) < 4.78 is 10.4. The van der Waals surface area contributed by atoms with Crippen LogP contribution in [0.25, 0.3) is 0 Å². The summed E-state index contributed by atoms with van der Waals surface area (Å²) in [4.78, 5) is 24.6. The SMILES string of the molecule is O=C1OCCN1C(=O)c1ccc(Oc2ccccc2)cc1. The van der Waals surface area contributed by atoms with Crippen LogP contribution in [0.4, 0.5) is 4.79 Å². The van der Waals surface area contributed by atoms with E-state index >= 15 is 0 Å². The van der Waals surface area contributed by atoms with Crippen LogP contribution < -0.4 is 4.74 Å². The summed E-state index contributed by atoms with van der Waals surface area (Å²) in [6.07, 6.45) is -0.593. The smallest absolute Gasteiger partial charge is 0.416 e. The summed E-state index contributed by atoms with van der Waals surface area (Å²) >= 11 is 0. The fourth-order valence-corrected chi connectivity index (χ4v) is 2.02. The topological polar surface area (TPSA) is 55.8 Å². The van der Waals surface area contributed by atoms with Crippen molar-refractivity contribution in [1.29, 1.82) is 0 Å². The molecule has 1 aliphatic heterocycles. The minimum atomic E-state index is -0.593. The summed E-state index contributed by atoms with van der Waals surface area (Å²) in [6, 6.07) is 16.0. The molecule has 1 heterocycles. The van der Waals surface area contributed by atoms with Crippen LogP contribution in [-0.2, 0) is 4.74 Å². The van der Waals surface area contributed by atoms with Crippen LogP contribution in [0.15, 0.2) is 54.6 Å². The van der Waals surface area contributed by atoms with Gasteiger partial charge in [0.05, 0.1) is 6.54 Å². The largest absolute Gasteiger partial charge is 0.457 e. The molecule has 5 nitrogen and oxygen atoms in total. The van der Waals surface area contributed by atoms with Crippen molar-refractivity contribution in [3.8, 4) is 11.5 Å². The van der Waals surface area contributed by atoms with Crippen molar-refractivity contribution >= 4 is 12.0 Å². The Hall–Kier alpha value is -2.82. The number of cyclic esters (lactones) is 1. The van der Waals surface area contributed by atoms with Crippen molar-refractivity contribution in [2.45, 2.75) is 0 Å². The lowest BCUT2D eigenvalue weighted by Crippen LogP contribution is -2.31. The van der Waals surface area contributed by atoms with Gasteiger partial charge in [-0.2, -0.15) is 0 Å². The third-order valence-corrected chi connectivity index (χ3v) is 3.09. The fourth-order valence-electron chi connectivity index (χ4n) is 2.02. The highest BCUT2D eigenvalue weighted by Gasteiger charge is 2.29. The molecule has 0 aliphatic carbocycles. The van der Waals surface area contributed by atoms with E-state index in [9.17, 15) is 9.59 Å². The molecule has 0 bridgehead atoms. The van der Waals surface area contributed by atoms with Crippen molar-refractivity contribution in [2.75, 3.05) is 13.2 Å². The van der Waals surface area contributed by atoms with E-state index in [1.54, 1.807) is 24.3 Å². The average Bonchev–Trinajstić information content (AvgIpc) is 2.94. The molecule has 1 aliphatic rings. The highest BCUT2D eigenvalue weighted by atomic mass is 16.6. The molecule has 0 aromatic heterocycles. The summed E-state index contributed by atoms with van der Waals surface area (Å²) in [5, 5.41) is 0. The van der Waals surface area contributed by atoms with Gasteiger partial charge in [0.15, 0.2) is 0 Å². The molecule has 3 rings (SSSR count). The number of amides is 2. The minimum absolute atomic E-state index is 0.250. The van der Waals surface area contributed by atoms with E-state index in [2.05, 4.69) is 0 Å². The second-order valence-electron chi connectivity index (χ2n) is 4.51. The van der Waals surface area contributed by atoms with Gasteiger partial charge in [-0.3, -0.25) is 4.79 Å². The van der Waals surface area contributed by atoms with Gasteiger partial charge in [0.2, 0.25) is 0 Å². The van der Waals surface area contributed by atoms with Crippen molar-refractivity contribution in [3.05, 3.63) is 60.2 Å². The molecule has 0 atom stereocenters.